The normalized spacial score (nSPS) is 12.9. The van der Waals surface area contributed by atoms with Gasteiger partial charge in [0.15, 0.2) is 0 Å². The van der Waals surface area contributed by atoms with Crippen molar-refractivity contribution in [1.82, 2.24) is 9.78 Å². The highest BCUT2D eigenvalue weighted by atomic mass is 19.4. The number of rotatable bonds is 3. The Morgan fingerprint density at radius 3 is 2.70 bits per heavy atom. The monoisotopic (exact) mass is 279 g/mol. The average molecular weight is 279 g/mol. The van der Waals surface area contributed by atoms with Crippen LogP contribution in [0.1, 0.15) is 29.2 Å². The summed E-state index contributed by atoms with van der Waals surface area (Å²) < 4.78 is 39.7. The SMILES string of the molecule is Cc1cnn(C(CC#N)c2cccc(C(F)(F)F)c2)c1. The van der Waals surface area contributed by atoms with Crippen LogP contribution in [-0.2, 0) is 6.18 Å². The number of aromatic nitrogens is 2. The molecular formula is C14H12F3N3. The van der Waals surface area contributed by atoms with Gasteiger partial charge in [-0.25, -0.2) is 0 Å². The lowest BCUT2D eigenvalue weighted by Crippen LogP contribution is -2.12. The molecule has 1 atom stereocenters. The summed E-state index contributed by atoms with van der Waals surface area (Å²) >= 11 is 0. The van der Waals surface area contributed by atoms with Crippen LogP contribution in [0.5, 0.6) is 0 Å². The van der Waals surface area contributed by atoms with Crippen molar-refractivity contribution in [2.24, 2.45) is 0 Å². The Labute approximate surface area is 114 Å². The Hall–Kier alpha value is -2.29. The minimum atomic E-state index is -4.40. The second-order valence-corrected chi connectivity index (χ2v) is 4.50. The van der Waals surface area contributed by atoms with Crippen molar-refractivity contribution in [1.29, 1.82) is 5.26 Å². The maximum absolute atomic E-state index is 12.7. The molecule has 0 saturated carbocycles. The minimum Gasteiger partial charge on any atom is -0.264 e. The van der Waals surface area contributed by atoms with Gasteiger partial charge in [-0.2, -0.15) is 23.5 Å². The summed E-state index contributed by atoms with van der Waals surface area (Å²) in [4.78, 5) is 0. The zero-order valence-corrected chi connectivity index (χ0v) is 10.7. The fraction of sp³-hybridized carbons (Fsp3) is 0.286. The van der Waals surface area contributed by atoms with Crippen LogP contribution in [-0.4, -0.2) is 9.78 Å². The van der Waals surface area contributed by atoms with E-state index >= 15 is 0 Å². The van der Waals surface area contributed by atoms with Gasteiger partial charge in [-0.3, -0.25) is 4.68 Å². The molecule has 0 saturated heterocycles. The topological polar surface area (TPSA) is 41.6 Å². The highest BCUT2D eigenvalue weighted by molar-refractivity contribution is 5.29. The molecule has 104 valence electrons. The molecule has 1 heterocycles. The molecule has 0 spiro atoms. The first-order valence-electron chi connectivity index (χ1n) is 5.96. The van der Waals surface area contributed by atoms with Crippen molar-refractivity contribution >= 4 is 0 Å². The van der Waals surface area contributed by atoms with E-state index in [0.29, 0.717) is 5.56 Å². The van der Waals surface area contributed by atoms with E-state index < -0.39 is 17.8 Å². The lowest BCUT2D eigenvalue weighted by Gasteiger charge is -2.16. The summed E-state index contributed by atoms with van der Waals surface area (Å²) in [5, 5.41) is 13.0. The van der Waals surface area contributed by atoms with Crippen LogP contribution in [0.15, 0.2) is 36.7 Å². The molecule has 1 aromatic carbocycles. The second-order valence-electron chi connectivity index (χ2n) is 4.50. The number of halogens is 3. The van der Waals surface area contributed by atoms with Crippen LogP contribution in [0.4, 0.5) is 13.2 Å². The molecule has 3 nitrogen and oxygen atoms in total. The van der Waals surface area contributed by atoms with Crippen molar-refractivity contribution in [2.75, 3.05) is 0 Å². The number of hydrogen-bond acceptors (Lipinski definition) is 2. The number of aryl methyl sites for hydroxylation is 1. The van der Waals surface area contributed by atoms with Crippen molar-refractivity contribution in [3.8, 4) is 6.07 Å². The summed E-state index contributed by atoms with van der Waals surface area (Å²) in [5.74, 6) is 0. The van der Waals surface area contributed by atoms with E-state index in [2.05, 4.69) is 5.10 Å². The van der Waals surface area contributed by atoms with Crippen LogP contribution >= 0.6 is 0 Å². The van der Waals surface area contributed by atoms with Crippen LogP contribution in [0.2, 0.25) is 0 Å². The van der Waals surface area contributed by atoms with Gasteiger partial charge in [0.25, 0.3) is 0 Å². The standard InChI is InChI=1S/C14H12F3N3/c1-10-8-19-20(9-10)13(5-6-18)11-3-2-4-12(7-11)14(15,16)17/h2-4,7-9,13H,5H2,1H3. The molecule has 0 aliphatic heterocycles. The third kappa shape index (κ3) is 2.99. The van der Waals surface area contributed by atoms with Gasteiger partial charge in [-0.15, -0.1) is 0 Å². The Morgan fingerprint density at radius 2 is 2.15 bits per heavy atom. The molecule has 2 rings (SSSR count). The maximum Gasteiger partial charge on any atom is 0.416 e. The molecule has 2 aromatic rings. The smallest absolute Gasteiger partial charge is 0.264 e. The van der Waals surface area contributed by atoms with Gasteiger partial charge >= 0.3 is 6.18 Å². The zero-order valence-electron chi connectivity index (χ0n) is 10.7. The summed E-state index contributed by atoms with van der Waals surface area (Å²) in [6.07, 6.45) is -1.02. The molecule has 20 heavy (non-hydrogen) atoms. The van der Waals surface area contributed by atoms with E-state index in [9.17, 15) is 13.2 Å². The number of nitriles is 1. The number of benzene rings is 1. The van der Waals surface area contributed by atoms with Gasteiger partial charge in [-0.1, -0.05) is 12.1 Å². The molecule has 1 unspecified atom stereocenters. The van der Waals surface area contributed by atoms with E-state index in [0.717, 1.165) is 17.7 Å². The average Bonchev–Trinajstić information content (AvgIpc) is 2.81. The Morgan fingerprint density at radius 1 is 1.40 bits per heavy atom. The fourth-order valence-corrected chi connectivity index (χ4v) is 1.98. The molecule has 0 amide bonds. The predicted molar refractivity (Wildman–Crippen MR) is 66.8 cm³/mol. The van der Waals surface area contributed by atoms with E-state index in [1.807, 2.05) is 13.0 Å². The zero-order chi connectivity index (χ0) is 14.8. The van der Waals surface area contributed by atoms with Gasteiger partial charge in [-0.05, 0) is 30.2 Å². The van der Waals surface area contributed by atoms with Gasteiger partial charge in [0.05, 0.1) is 30.3 Å². The molecule has 1 aromatic heterocycles. The number of alkyl halides is 3. The third-order valence-electron chi connectivity index (χ3n) is 2.93. The first-order valence-corrected chi connectivity index (χ1v) is 5.96. The maximum atomic E-state index is 12.7. The summed E-state index contributed by atoms with van der Waals surface area (Å²) in [6, 6.07) is 6.48. The minimum absolute atomic E-state index is 0.0580. The van der Waals surface area contributed by atoms with Crippen LogP contribution in [0, 0.1) is 18.3 Å². The van der Waals surface area contributed by atoms with Gasteiger partial charge in [0.2, 0.25) is 0 Å². The highest BCUT2D eigenvalue weighted by Gasteiger charge is 2.31. The Balaban J connectivity index is 2.43. The van der Waals surface area contributed by atoms with Crippen molar-refractivity contribution in [2.45, 2.75) is 25.6 Å². The van der Waals surface area contributed by atoms with E-state index in [1.165, 1.54) is 10.7 Å². The van der Waals surface area contributed by atoms with Crippen LogP contribution in [0.25, 0.3) is 0 Å². The molecule has 0 aliphatic rings. The summed E-state index contributed by atoms with van der Waals surface area (Å²) in [6.45, 7) is 1.83. The van der Waals surface area contributed by atoms with Crippen LogP contribution in [0.3, 0.4) is 0 Å². The predicted octanol–water partition coefficient (Wildman–Crippen LogP) is 3.71. The molecule has 0 aliphatic carbocycles. The van der Waals surface area contributed by atoms with Gasteiger partial charge < -0.3 is 0 Å². The first-order chi connectivity index (χ1) is 9.41. The van der Waals surface area contributed by atoms with E-state index in [1.54, 1.807) is 18.5 Å². The van der Waals surface area contributed by atoms with Crippen molar-refractivity contribution in [3.63, 3.8) is 0 Å². The molecular weight excluding hydrogens is 267 g/mol. The van der Waals surface area contributed by atoms with Gasteiger partial charge in [0.1, 0.15) is 0 Å². The Bertz CT molecular complexity index is 638. The quantitative estimate of drug-likeness (QED) is 0.859. The largest absolute Gasteiger partial charge is 0.416 e. The van der Waals surface area contributed by atoms with Crippen LogP contribution < -0.4 is 0 Å². The molecule has 6 heteroatoms. The second kappa shape index (κ2) is 5.37. The lowest BCUT2D eigenvalue weighted by atomic mass is 10.0. The number of nitrogens with zero attached hydrogens (tertiary/aromatic N) is 3. The Kier molecular flexibility index (Phi) is 3.79. The lowest BCUT2D eigenvalue weighted by molar-refractivity contribution is -0.137. The number of hydrogen-bond donors (Lipinski definition) is 0. The summed E-state index contributed by atoms with van der Waals surface area (Å²) in [7, 11) is 0. The van der Waals surface area contributed by atoms with Crippen molar-refractivity contribution < 1.29 is 13.2 Å². The third-order valence-corrected chi connectivity index (χ3v) is 2.93. The molecule has 0 bridgehead atoms. The van der Waals surface area contributed by atoms with Crippen molar-refractivity contribution in [3.05, 3.63) is 53.3 Å². The molecule has 0 N–H and O–H groups in total. The van der Waals surface area contributed by atoms with E-state index in [4.69, 9.17) is 5.26 Å². The first kappa shape index (κ1) is 14.1. The summed E-state index contributed by atoms with van der Waals surface area (Å²) in [5.41, 5.74) is 0.589. The highest BCUT2D eigenvalue weighted by Crippen LogP contribution is 2.32. The fourth-order valence-electron chi connectivity index (χ4n) is 1.98. The molecule has 0 radical (unpaired) electrons. The van der Waals surface area contributed by atoms with Gasteiger partial charge in [0, 0.05) is 6.20 Å². The van der Waals surface area contributed by atoms with E-state index in [-0.39, 0.29) is 6.42 Å². The molecule has 0 fully saturated rings.